The lowest BCUT2D eigenvalue weighted by molar-refractivity contribution is -0.0339. The zero-order valence-electron chi connectivity index (χ0n) is 14.1. The van der Waals surface area contributed by atoms with Crippen molar-refractivity contribution in [3.63, 3.8) is 0 Å². The Kier molecular flexibility index (Phi) is 2.51. The van der Waals surface area contributed by atoms with Gasteiger partial charge < -0.3 is 9.84 Å². The van der Waals surface area contributed by atoms with Gasteiger partial charge in [0.2, 0.25) is 0 Å². The Morgan fingerprint density at radius 3 is 3.00 bits per heavy atom. The average molecular weight is 323 g/mol. The van der Waals surface area contributed by atoms with E-state index < -0.39 is 0 Å². The lowest BCUT2D eigenvalue weighted by atomic mass is 9.51. The first-order valence-electron chi connectivity index (χ1n) is 9.62. The Morgan fingerprint density at radius 2 is 2.17 bits per heavy atom. The standard InChI is InChI=1S/C21H25NO2/c1-12-2-6-15-16-10-14-5-7-17(23)19-18(14)21(15,20(12)24-19)8-9-22(16)11-13-3-4-13/h5,7,13,15-16,20,23H,1-4,6,8-11H2/t15?,16-,20+,21+/m1/s1. The van der Waals surface area contributed by atoms with Crippen molar-refractivity contribution in [1.29, 1.82) is 0 Å². The Bertz CT molecular complexity index is 752. The molecular weight excluding hydrogens is 298 g/mol. The van der Waals surface area contributed by atoms with Gasteiger partial charge in [-0.3, -0.25) is 4.90 Å². The summed E-state index contributed by atoms with van der Waals surface area (Å²) in [5.41, 5.74) is 4.09. The van der Waals surface area contributed by atoms with Gasteiger partial charge in [0.25, 0.3) is 0 Å². The van der Waals surface area contributed by atoms with Crippen molar-refractivity contribution >= 4 is 0 Å². The van der Waals surface area contributed by atoms with Crippen LogP contribution in [0.4, 0.5) is 0 Å². The van der Waals surface area contributed by atoms with Gasteiger partial charge in [-0.05, 0) is 74.1 Å². The molecule has 24 heavy (non-hydrogen) atoms. The molecule has 1 unspecified atom stereocenters. The topological polar surface area (TPSA) is 32.7 Å². The van der Waals surface area contributed by atoms with Crippen LogP contribution < -0.4 is 4.74 Å². The van der Waals surface area contributed by atoms with E-state index in [-0.39, 0.29) is 11.5 Å². The van der Waals surface area contributed by atoms with Crippen LogP contribution in [-0.2, 0) is 11.8 Å². The van der Waals surface area contributed by atoms with Gasteiger partial charge in [0.1, 0.15) is 6.10 Å². The molecule has 1 aromatic carbocycles. The third-order valence-electron chi connectivity index (χ3n) is 7.57. The highest BCUT2D eigenvalue weighted by Crippen LogP contribution is 2.64. The van der Waals surface area contributed by atoms with Crippen LogP contribution in [0, 0.1) is 11.8 Å². The fourth-order valence-electron chi connectivity index (χ4n) is 6.40. The van der Waals surface area contributed by atoms with Crippen LogP contribution in [0.15, 0.2) is 24.3 Å². The predicted molar refractivity (Wildman–Crippen MR) is 92.5 cm³/mol. The lowest BCUT2D eigenvalue weighted by Crippen LogP contribution is -2.64. The van der Waals surface area contributed by atoms with Gasteiger partial charge >= 0.3 is 0 Å². The maximum atomic E-state index is 10.4. The van der Waals surface area contributed by atoms with E-state index in [4.69, 9.17) is 4.74 Å². The Morgan fingerprint density at radius 1 is 1.29 bits per heavy atom. The van der Waals surface area contributed by atoms with Crippen LogP contribution in [0.5, 0.6) is 11.5 Å². The molecule has 5 aliphatic rings. The number of phenols is 1. The molecule has 1 aromatic rings. The number of benzene rings is 1. The zero-order chi connectivity index (χ0) is 16.1. The van der Waals surface area contributed by atoms with Crippen molar-refractivity contribution in [3.05, 3.63) is 35.4 Å². The number of rotatable bonds is 2. The summed E-state index contributed by atoms with van der Waals surface area (Å²) in [6.07, 6.45) is 7.54. The second-order valence-electron chi connectivity index (χ2n) is 8.75. The number of ether oxygens (including phenoxy) is 1. The second kappa shape index (κ2) is 4.37. The molecular formula is C21H25NO2. The number of nitrogens with zero attached hydrogens (tertiary/aromatic N) is 1. The van der Waals surface area contributed by atoms with E-state index in [1.807, 2.05) is 6.07 Å². The molecule has 3 nitrogen and oxygen atoms in total. The molecule has 3 fully saturated rings. The number of hydrogen-bond acceptors (Lipinski definition) is 3. The van der Waals surface area contributed by atoms with E-state index in [1.54, 1.807) is 0 Å². The van der Waals surface area contributed by atoms with Gasteiger partial charge in [0.05, 0.1) is 0 Å². The van der Waals surface area contributed by atoms with Crippen molar-refractivity contribution in [1.82, 2.24) is 4.90 Å². The summed E-state index contributed by atoms with van der Waals surface area (Å²) in [6.45, 7) is 6.83. The molecule has 1 spiro atoms. The molecule has 0 radical (unpaired) electrons. The molecule has 4 atom stereocenters. The number of phenolic OH excluding ortho intramolecular Hbond substituents is 1. The summed E-state index contributed by atoms with van der Waals surface area (Å²) in [4.78, 5) is 2.80. The van der Waals surface area contributed by atoms with Crippen molar-refractivity contribution in [2.24, 2.45) is 11.8 Å². The highest BCUT2D eigenvalue weighted by atomic mass is 16.5. The number of piperidine rings is 1. The first-order valence-corrected chi connectivity index (χ1v) is 9.62. The van der Waals surface area contributed by atoms with Gasteiger partial charge in [0, 0.05) is 23.6 Å². The minimum Gasteiger partial charge on any atom is -0.504 e. The van der Waals surface area contributed by atoms with Gasteiger partial charge in [-0.1, -0.05) is 12.6 Å². The minimum atomic E-state index is 0.0850. The van der Waals surface area contributed by atoms with Crippen LogP contribution in [0.2, 0.25) is 0 Å². The molecule has 1 saturated heterocycles. The number of likely N-dealkylation sites (tertiary alicyclic amines) is 1. The Balaban J connectivity index is 1.53. The van der Waals surface area contributed by atoms with E-state index in [9.17, 15) is 5.11 Å². The first kappa shape index (κ1) is 13.8. The summed E-state index contributed by atoms with van der Waals surface area (Å²) < 4.78 is 6.38. The molecule has 2 bridgehead atoms. The monoisotopic (exact) mass is 323 g/mol. The van der Waals surface area contributed by atoms with Crippen LogP contribution in [-0.4, -0.2) is 35.2 Å². The molecule has 2 saturated carbocycles. The Hall–Kier alpha value is -1.48. The minimum absolute atomic E-state index is 0.0850. The average Bonchev–Trinajstić information content (AvgIpc) is 3.32. The SMILES string of the molecule is C=C1CCC2[C@H]3Cc4ccc(O)c5c4[C@@]2(CCN3CC2CC2)[C@H]1O5. The molecule has 0 amide bonds. The van der Waals surface area contributed by atoms with E-state index in [1.165, 1.54) is 49.1 Å². The zero-order valence-corrected chi connectivity index (χ0v) is 14.1. The summed E-state index contributed by atoms with van der Waals surface area (Å²) in [6, 6.07) is 4.65. The quantitative estimate of drug-likeness (QED) is 0.847. The van der Waals surface area contributed by atoms with Crippen molar-refractivity contribution < 1.29 is 9.84 Å². The van der Waals surface area contributed by atoms with Crippen LogP contribution in [0.1, 0.15) is 43.2 Å². The molecule has 3 aliphatic carbocycles. The van der Waals surface area contributed by atoms with Gasteiger partial charge in [0.15, 0.2) is 11.5 Å². The van der Waals surface area contributed by atoms with Gasteiger partial charge in [-0.2, -0.15) is 0 Å². The van der Waals surface area contributed by atoms with Crippen molar-refractivity contribution in [3.8, 4) is 11.5 Å². The molecule has 2 aliphatic heterocycles. The van der Waals surface area contributed by atoms with Crippen LogP contribution in [0.3, 0.4) is 0 Å². The fraction of sp³-hybridized carbons (Fsp3) is 0.619. The van der Waals surface area contributed by atoms with Gasteiger partial charge in [-0.25, -0.2) is 0 Å². The first-order chi connectivity index (χ1) is 11.7. The van der Waals surface area contributed by atoms with Gasteiger partial charge in [-0.15, -0.1) is 0 Å². The third-order valence-corrected chi connectivity index (χ3v) is 7.57. The second-order valence-corrected chi connectivity index (χ2v) is 8.75. The molecule has 1 N–H and O–H groups in total. The highest BCUT2D eigenvalue weighted by Gasteiger charge is 2.64. The van der Waals surface area contributed by atoms with Crippen molar-refractivity contribution in [2.75, 3.05) is 13.1 Å². The van der Waals surface area contributed by atoms with Crippen LogP contribution in [0.25, 0.3) is 0 Å². The summed E-state index contributed by atoms with van der Waals surface area (Å²) in [7, 11) is 0. The molecule has 126 valence electrons. The molecule has 6 rings (SSSR count). The Labute approximate surface area is 143 Å². The maximum Gasteiger partial charge on any atom is 0.166 e. The summed E-state index contributed by atoms with van der Waals surface area (Å²) >= 11 is 0. The largest absolute Gasteiger partial charge is 0.504 e. The summed E-state index contributed by atoms with van der Waals surface area (Å²) in [5, 5.41) is 10.4. The van der Waals surface area contributed by atoms with E-state index in [0.29, 0.717) is 17.7 Å². The van der Waals surface area contributed by atoms with E-state index >= 15 is 0 Å². The molecule has 2 heterocycles. The fourth-order valence-corrected chi connectivity index (χ4v) is 6.40. The summed E-state index contributed by atoms with van der Waals surface area (Å²) in [5.74, 6) is 2.71. The lowest BCUT2D eigenvalue weighted by Gasteiger charge is -2.58. The van der Waals surface area contributed by atoms with E-state index in [2.05, 4.69) is 17.5 Å². The highest BCUT2D eigenvalue weighted by molar-refractivity contribution is 5.62. The van der Waals surface area contributed by atoms with Crippen molar-refractivity contribution in [2.45, 2.75) is 56.1 Å². The predicted octanol–water partition coefficient (Wildman–Crippen LogP) is 3.40. The smallest absolute Gasteiger partial charge is 0.166 e. The number of hydrogen-bond donors (Lipinski definition) is 1. The normalized spacial score (nSPS) is 39.5. The van der Waals surface area contributed by atoms with E-state index in [0.717, 1.165) is 30.9 Å². The molecule has 0 aromatic heterocycles. The molecule has 3 heteroatoms. The third kappa shape index (κ3) is 1.53. The number of aromatic hydroxyl groups is 1. The maximum absolute atomic E-state index is 10.4. The van der Waals surface area contributed by atoms with Crippen LogP contribution >= 0.6 is 0 Å².